The zero-order chi connectivity index (χ0) is 49.2. The van der Waals surface area contributed by atoms with Gasteiger partial charge in [-0.15, -0.1) is 0 Å². The minimum atomic E-state index is -0.874. The molecule has 0 radical (unpaired) electrons. The van der Waals surface area contributed by atoms with Gasteiger partial charge < -0.3 is 15.5 Å². The van der Waals surface area contributed by atoms with Gasteiger partial charge in [0.1, 0.15) is 0 Å². The maximum atomic E-state index is 12.5. The fourth-order valence-electron chi connectivity index (χ4n) is 8.85. The second-order valence-electron chi connectivity index (χ2n) is 20.0. The number of aliphatic hydroxyl groups excluding tert-OH is 2. The minimum Gasteiger partial charge on any atom is -0.394 e. The molecule has 0 fully saturated rings. The number of aliphatic hydroxyl groups is 2. The highest BCUT2D eigenvalue weighted by molar-refractivity contribution is 5.76. The highest BCUT2D eigenvalue weighted by Crippen LogP contribution is 2.17. The van der Waals surface area contributed by atoms with E-state index in [0.29, 0.717) is 6.42 Å². The third-order valence-corrected chi connectivity index (χ3v) is 13.3. The largest absolute Gasteiger partial charge is 0.394 e. The van der Waals surface area contributed by atoms with Crippen LogP contribution in [0.15, 0.2) is 85.1 Å². The van der Waals surface area contributed by atoms with E-state index in [9.17, 15) is 15.0 Å². The van der Waals surface area contributed by atoms with Crippen LogP contribution in [0.25, 0.3) is 0 Å². The summed E-state index contributed by atoms with van der Waals surface area (Å²) in [7, 11) is 0. The second-order valence-corrected chi connectivity index (χ2v) is 20.0. The zero-order valence-corrected chi connectivity index (χ0v) is 45.4. The van der Waals surface area contributed by atoms with Crippen LogP contribution >= 0.6 is 0 Å². The fourth-order valence-corrected chi connectivity index (χ4v) is 8.85. The second kappa shape index (κ2) is 58.9. The summed E-state index contributed by atoms with van der Waals surface area (Å²) in [5.41, 5.74) is 0. The number of hydrogen-bond donors (Lipinski definition) is 3. The molecule has 0 aromatic heterocycles. The van der Waals surface area contributed by atoms with Crippen LogP contribution in [-0.2, 0) is 4.79 Å². The van der Waals surface area contributed by atoms with E-state index >= 15 is 0 Å². The van der Waals surface area contributed by atoms with Gasteiger partial charge in [0.2, 0.25) is 5.91 Å². The van der Waals surface area contributed by atoms with Gasteiger partial charge in [-0.2, -0.15) is 0 Å². The number of hydrogen-bond acceptors (Lipinski definition) is 3. The Hall–Kier alpha value is -2.43. The monoisotopic (exact) mass is 946 g/mol. The molecule has 0 saturated carbocycles. The highest BCUT2D eigenvalue weighted by Gasteiger charge is 2.18. The molecule has 68 heavy (non-hydrogen) atoms. The first-order valence-corrected chi connectivity index (χ1v) is 29.8. The van der Waals surface area contributed by atoms with Gasteiger partial charge in [-0.3, -0.25) is 4.79 Å². The Labute approximate surface area is 424 Å². The molecule has 0 aliphatic rings. The Balaban J connectivity index is 3.54. The van der Waals surface area contributed by atoms with Crippen LogP contribution in [0.1, 0.15) is 296 Å². The summed E-state index contributed by atoms with van der Waals surface area (Å²) in [6.07, 6.45) is 86.2. The minimum absolute atomic E-state index is 0.0764. The van der Waals surface area contributed by atoms with E-state index in [1.165, 1.54) is 212 Å². The van der Waals surface area contributed by atoms with Crippen LogP contribution in [0.4, 0.5) is 0 Å². The number of carbonyl (C=O) groups is 1. The Bertz CT molecular complexity index is 1210. The Kier molecular flexibility index (Phi) is 56.8. The molecule has 0 aromatic rings. The van der Waals surface area contributed by atoms with Gasteiger partial charge in [-0.05, 0) is 83.5 Å². The van der Waals surface area contributed by atoms with Crippen LogP contribution in [0.2, 0.25) is 0 Å². The summed E-state index contributed by atoms with van der Waals surface area (Å²) < 4.78 is 0. The maximum absolute atomic E-state index is 12.5. The Morgan fingerprint density at radius 3 is 1.03 bits per heavy atom. The third kappa shape index (κ3) is 54.5. The lowest BCUT2D eigenvalue weighted by Crippen LogP contribution is -2.45. The van der Waals surface area contributed by atoms with Gasteiger partial charge in [0.05, 0.1) is 18.8 Å². The molecule has 394 valence electrons. The number of nitrogens with one attached hydrogen (secondary N) is 1. The molecule has 2 atom stereocenters. The molecule has 0 rings (SSSR count). The first-order chi connectivity index (χ1) is 33.7. The van der Waals surface area contributed by atoms with Crippen molar-refractivity contribution in [1.29, 1.82) is 0 Å². The average molecular weight is 947 g/mol. The van der Waals surface area contributed by atoms with Gasteiger partial charge in [0, 0.05) is 6.42 Å². The van der Waals surface area contributed by atoms with Crippen LogP contribution < -0.4 is 5.32 Å². The summed E-state index contributed by atoms with van der Waals surface area (Å²) in [6, 6.07) is -0.650. The predicted octanol–water partition coefficient (Wildman–Crippen LogP) is 19.9. The Morgan fingerprint density at radius 2 is 0.662 bits per heavy atom. The molecule has 0 heterocycles. The van der Waals surface area contributed by atoms with Crippen molar-refractivity contribution in [1.82, 2.24) is 5.32 Å². The van der Waals surface area contributed by atoms with E-state index in [1.54, 1.807) is 6.08 Å². The molecule has 0 aliphatic carbocycles. The molecule has 2 unspecified atom stereocenters. The number of amides is 1. The van der Waals surface area contributed by atoms with Gasteiger partial charge in [-0.25, -0.2) is 0 Å². The molecular weight excluding hydrogens is 831 g/mol. The number of unbranched alkanes of at least 4 members (excludes halogenated alkanes) is 35. The van der Waals surface area contributed by atoms with E-state index in [4.69, 9.17) is 0 Å². The van der Waals surface area contributed by atoms with Crippen molar-refractivity contribution in [3.63, 3.8) is 0 Å². The normalized spacial score (nSPS) is 13.4. The van der Waals surface area contributed by atoms with Crippen LogP contribution in [0.3, 0.4) is 0 Å². The first kappa shape index (κ1) is 65.6. The lowest BCUT2D eigenvalue weighted by molar-refractivity contribution is -0.123. The average Bonchev–Trinajstić information content (AvgIpc) is 3.34. The summed E-state index contributed by atoms with van der Waals surface area (Å²) in [5.74, 6) is -0.0764. The Morgan fingerprint density at radius 1 is 0.368 bits per heavy atom. The van der Waals surface area contributed by atoms with Gasteiger partial charge in [0.25, 0.3) is 0 Å². The van der Waals surface area contributed by atoms with E-state index in [1.807, 2.05) is 6.08 Å². The molecule has 0 saturated heterocycles. The summed E-state index contributed by atoms with van der Waals surface area (Å²) in [4.78, 5) is 12.5. The maximum Gasteiger partial charge on any atom is 0.220 e. The van der Waals surface area contributed by atoms with Gasteiger partial charge in [-0.1, -0.05) is 292 Å². The van der Waals surface area contributed by atoms with Crippen molar-refractivity contribution in [3.8, 4) is 0 Å². The molecule has 4 nitrogen and oxygen atoms in total. The molecule has 1 amide bonds. The van der Waals surface area contributed by atoms with Crippen molar-refractivity contribution in [2.75, 3.05) is 6.61 Å². The van der Waals surface area contributed by atoms with Crippen molar-refractivity contribution >= 4 is 5.91 Å². The number of allylic oxidation sites excluding steroid dienone is 13. The van der Waals surface area contributed by atoms with Crippen molar-refractivity contribution in [2.24, 2.45) is 0 Å². The molecular formula is C64H115NO3. The fraction of sp³-hybridized carbons (Fsp3) is 0.766. The number of carbonyl (C=O) groups excluding carboxylic acids is 1. The van der Waals surface area contributed by atoms with Crippen molar-refractivity contribution in [3.05, 3.63) is 85.1 Å². The molecule has 4 heteroatoms. The topological polar surface area (TPSA) is 69.6 Å². The lowest BCUT2D eigenvalue weighted by atomic mass is 10.0. The van der Waals surface area contributed by atoms with E-state index in [2.05, 4.69) is 92.1 Å². The quantitative estimate of drug-likeness (QED) is 0.0420. The summed E-state index contributed by atoms with van der Waals surface area (Å²) in [6.45, 7) is 4.20. The summed E-state index contributed by atoms with van der Waals surface area (Å²) in [5, 5.41) is 23.2. The predicted molar refractivity (Wildman–Crippen MR) is 303 cm³/mol. The van der Waals surface area contributed by atoms with Crippen LogP contribution in [0, 0.1) is 0 Å². The standard InChI is InChI=1S/C64H115NO3/c1-3-5-7-9-11-13-15-17-19-21-23-25-27-29-30-31-32-33-34-36-38-40-42-44-46-48-50-52-54-56-58-60-64(68)65-62(61-66)63(67)59-57-55-53-51-49-47-45-43-41-39-37-35-28-26-24-22-20-18-16-14-12-10-8-6-4-2/h5,7,11,13,17,19,23,25,41,43,49,51,57,59,62-63,66-67H,3-4,6,8-10,12,14-16,18,20-22,24,26-40,42,44-48,50,52-56,58,60-61H2,1-2H3,(H,65,68)/b7-5-,13-11-,19-17-,25-23-,43-41+,51-49+,59-57+. The van der Waals surface area contributed by atoms with Gasteiger partial charge in [0.15, 0.2) is 0 Å². The van der Waals surface area contributed by atoms with Crippen LogP contribution in [0.5, 0.6) is 0 Å². The van der Waals surface area contributed by atoms with Crippen molar-refractivity contribution in [2.45, 2.75) is 309 Å². The van der Waals surface area contributed by atoms with E-state index in [-0.39, 0.29) is 12.5 Å². The molecule has 0 bridgehead atoms. The SMILES string of the molecule is CC/C=C\C/C=C\C/C=C\C/C=C\CCCCCCCCCCCCCCCCCCCCC(=O)NC(CO)C(O)/C=C/CC/C=C/CC/C=C/CCCCCCCCCCCCCCCCC. The molecule has 0 spiro atoms. The van der Waals surface area contributed by atoms with Crippen LogP contribution in [-0.4, -0.2) is 34.9 Å². The molecule has 0 aliphatic heterocycles. The van der Waals surface area contributed by atoms with Gasteiger partial charge >= 0.3 is 0 Å². The summed E-state index contributed by atoms with van der Waals surface area (Å²) >= 11 is 0. The number of rotatable bonds is 54. The van der Waals surface area contributed by atoms with E-state index < -0.39 is 12.1 Å². The third-order valence-electron chi connectivity index (χ3n) is 13.3. The smallest absolute Gasteiger partial charge is 0.220 e. The first-order valence-electron chi connectivity index (χ1n) is 29.8. The lowest BCUT2D eigenvalue weighted by Gasteiger charge is -2.19. The zero-order valence-electron chi connectivity index (χ0n) is 45.4. The molecule has 3 N–H and O–H groups in total. The molecule has 0 aromatic carbocycles. The van der Waals surface area contributed by atoms with E-state index in [0.717, 1.165) is 64.2 Å². The van der Waals surface area contributed by atoms with Crippen molar-refractivity contribution < 1.29 is 15.0 Å². The highest BCUT2D eigenvalue weighted by atomic mass is 16.3.